The average Bonchev–Trinajstić information content (AvgIpc) is 2.25. The minimum absolute atomic E-state index is 0.0759. The van der Waals surface area contributed by atoms with Crippen LogP contribution in [-0.4, -0.2) is 12.5 Å². The zero-order valence-electron chi connectivity index (χ0n) is 9.79. The van der Waals surface area contributed by atoms with Crippen LogP contribution in [0.5, 0.6) is 0 Å². The Morgan fingerprint density at radius 2 is 2.19 bits per heavy atom. The molecular formula is C14H17NO. The molecule has 0 heterocycles. The summed E-state index contributed by atoms with van der Waals surface area (Å²) in [6.45, 7) is 4.79. The van der Waals surface area contributed by atoms with E-state index in [0.29, 0.717) is 18.9 Å². The Hall–Kier alpha value is -1.93. The number of carbonyl (C=O) groups excluding carboxylic acids is 1. The van der Waals surface area contributed by atoms with Gasteiger partial charge in [-0.2, -0.15) is 0 Å². The van der Waals surface area contributed by atoms with Crippen molar-refractivity contribution in [2.45, 2.75) is 20.3 Å². The maximum absolute atomic E-state index is 11.2. The van der Waals surface area contributed by atoms with Gasteiger partial charge in [0.1, 0.15) is 0 Å². The summed E-state index contributed by atoms with van der Waals surface area (Å²) >= 11 is 0. The molecule has 2 heteroatoms. The minimum Gasteiger partial charge on any atom is -0.352 e. The summed E-state index contributed by atoms with van der Waals surface area (Å²) in [5, 5.41) is 2.78. The summed E-state index contributed by atoms with van der Waals surface area (Å²) < 4.78 is 0. The number of amides is 1. The minimum atomic E-state index is -0.0759. The Bertz CT molecular complexity index is 358. The van der Waals surface area contributed by atoms with Crippen molar-refractivity contribution in [1.29, 1.82) is 0 Å². The molecular weight excluding hydrogens is 198 g/mol. The molecule has 84 valence electrons. The summed E-state index contributed by atoms with van der Waals surface area (Å²) in [7, 11) is 0. The number of hydrogen-bond acceptors (Lipinski definition) is 1. The second-order valence-electron chi connectivity index (χ2n) is 3.58. The summed E-state index contributed by atoms with van der Waals surface area (Å²) in [4.78, 5) is 11.2. The molecule has 2 nitrogen and oxygen atoms in total. The number of allylic oxidation sites excluding steroid dienone is 3. The van der Waals surface area contributed by atoms with Crippen LogP contribution in [0.15, 0.2) is 24.3 Å². The Morgan fingerprint density at radius 1 is 1.44 bits per heavy atom. The summed E-state index contributed by atoms with van der Waals surface area (Å²) in [6.07, 6.45) is 12.4. The van der Waals surface area contributed by atoms with E-state index in [4.69, 9.17) is 6.42 Å². The van der Waals surface area contributed by atoms with Gasteiger partial charge in [-0.1, -0.05) is 38.0 Å². The van der Waals surface area contributed by atoms with Gasteiger partial charge in [0, 0.05) is 19.0 Å². The van der Waals surface area contributed by atoms with Gasteiger partial charge in [0.15, 0.2) is 0 Å². The molecule has 0 bridgehead atoms. The molecule has 0 rings (SSSR count). The molecule has 1 N–H and O–H groups in total. The molecule has 0 fully saturated rings. The van der Waals surface area contributed by atoms with Gasteiger partial charge < -0.3 is 5.32 Å². The third-order valence-corrected chi connectivity index (χ3v) is 1.56. The van der Waals surface area contributed by atoms with E-state index in [-0.39, 0.29) is 5.91 Å². The Kier molecular flexibility index (Phi) is 8.46. The third kappa shape index (κ3) is 10.2. The first-order valence-corrected chi connectivity index (χ1v) is 5.21. The van der Waals surface area contributed by atoms with Gasteiger partial charge in [0.2, 0.25) is 5.91 Å². The molecule has 1 amide bonds. The van der Waals surface area contributed by atoms with Gasteiger partial charge in [-0.05, 0) is 17.8 Å². The van der Waals surface area contributed by atoms with E-state index in [9.17, 15) is 4.79 Å². The predicted molar refractivity (Wildman–Crippen MR) is 67.4 cm³/mol. The molecule has 0 unspecified atom stereocenters. The number of nitrogens with one attached hydrogen (secondary N) is 1. The van der Waals surface area contributed by atoms with Crippen molar-refractivity contribution in [1.82, 2.24) is 5.32 Å². The molecule has 0 radical (unpaired) electrons. The zero-order chi connectivity index (χ0) is 12.2. The van der Waals surface area contributed by atoms with Crippen molar-refractivity contribution < 1.29 is 4.79 Å². The van der Waals surface area contributed by atoms with E-state index in [1.807, 2.05) is 19.9 Å². The van der Waals surface area contributed by atoms with Crippen molar-refractivity contribution in [3.8, 4) is 24.2 Å². The van der Waals surface area contributed by atoms with Crippen LogP contribution in [0.1, 0.15) is 20.3 Å². The Labute approximate surface area is 97.8 Å². The van der Waals surface area contributed by atoms with Crippen molar-refractivity contribution in [2.24, 2.45) is 5.92 Å². The van der Waals surface area contributed by atoms with Gasteiger partial charge in [0.25, 0.3) is 0 Å². The molecule has 0 aromatic rings. The Morgan fingerprint density at radius 3 is 2.81 bits per heavy atom. The van der Waals surface area contributed by atoms with Crippen LogP contribution < -0.4 is 5.32 Å². The molecule has 16 heavy (non-hydrogen) atoms. The molecule has 0 aliphatic rings. The van der Waals surface area contributed by atoms with Gasteiger partial charge >= 0.3 is 0 Å². The zero-order valence-corrected chi connectivity index (χ0v) is 9.79. The van der Waals surface area contributed by atoms with Crippen molar-refractivity contribution >= 4 is 5.91 Å². The average molecular weight is 215 g/mol. The molecule has 0 spiro atoms. The first-order valence-electron chi connectivity index (χ1n) is 5.21. The molecule has 0 saturated carbocycles. The van der Waals surface area contributed by atoms with E-state index < -0.39 is 0 Å². The van der Waals surface area contributed by atoms with Crippen LogP contribution in [0, 0.1) is 30.1 Å². The van der Waals surface area contributed by atoms with Crippen LogP contribution in [0.4, 0.5) is 0 Å². The predicted octanol–water partition coefficient (Wildman–Crippen LogP) is 1.90. The summed E-state index contributed by atoms with van der Waals surface area (Å²) in [5.41, 5.74) is 0. The van der Waals surface area contributed by atoms with Crippen LogP contribution in [0.25, 0.3) is 0 Å². The lowest BCUT2D eigenvalue weighted by atomic mass is 10.2. The number of terminal acetylenes is 1. The lowest BCUT2D eigenvalue weighted by Gasteiger charge is -2.03. The summed E-state index contributed by atoms with van der Waals surface area (Å²) in [5.74, 6) is 7.88. The molecule has 0 aromatic carbocycles. The highest BCUT2D eigenvalue weighted by Gasteiger charge is 1.95. The van der Waals surface area contributed by atoms with Gasteiger partial charge in [-0.25, -0.2) is 0 Å². The van der Waals surface area contributed by atoms with Crippen LogP contribution in [0.3, 0.4) is 0 Å². The topological polar surface area (TPSA) is 29.1 Å². The van der Waals surface area contributed by atoms with Crippen LogP contribution in [0.2, 0.25) is 0 Å². The number of carbonyl (C=O) groups is 1. The first kappa shape index (κ1) is 14.1. The fourth-order valence-corrected chi connectivity index (χ4v) is 0.814. The fourth-order valence-electron chi connectivity index (χ4n) is 0.814. The van der Waals surface area contributed by atoms with E-state index in [1.165, 1.54) is 6.08 Å². The molecule has 0 aliphatic heterocycles. The van der Waals surface area contributed by atoms with Crippen LogP contribution in [-0.2, 0) is 4.79 Å². The molecule has 0 aliphatic carbocycles. The second-order valence-corrected chi connectivity index (χ2v) is 3.58. The van der Waals surface area contributed by atoms with E-state index in [0.717, 1.165) is 0 Å². The fraction of sp³-hybridized carbons (Fsp3) is 0.357. The normalized spacial score (nSPS) is 10.1. The van der Waals surface area contributed by atoms with Gasteiger partial charge in [0.05, 0.1) is 0 Å². The van der Waals surface area contributed by atoms with Gasteiger partial charge in [-0.3, -0.25) is 4.79 Å². The van der Waals surface area contributed by atoms with E-state index >= 15 is 0 Å². The summed E-state index contributed by atoms with van der Waals surface area (Å²) in [6, 6.07) is 0. The lowest BCUT2D eigenvalue weighted by molar-refractivity contribution is -0.116. The van der Waals surface area contributed by atoms with Crippen molar-refractivity contribution in [3.05, 3.63) is 24.3 Å². The largest absolute Gasteiger partial charge is 0.352 e. The lowest BCUT2D eigenvalue weighted by Crippen LogP contribution is -2.25. The number of rotatable bonds is 5. The SMILES string of the molecule is C#CC#CCC=CC=CC(=O)NCC(C)C. The highest BCUT2D eigenvalue weighted by molar-refractivity contribution is 5.87. The molecule has 0 atom stereocenters. The first-order chi connectivity index (χ1) is 7.66. The second kappa shape index (κ2) is 9.62. The van der Waals surface area contributed by atoms with E-state index in [1.54, 1.807) is 12.2 Å². The van der Waals surface area contributed by atoms with Crippen molar-refractivity contribution in [2.75, 3.05) is 6.54 Å². The Balaban J connectivity index is 3.75. The van der Waals surface area contributed by atoms with E-state index in [2.05, 4.69) is 23.1 Å². The van der Waals surface area contributed by atoms with Crippen molar-refractivity contribution in [3.63, 3.8) is 0 Å². The molecule has 0 aromatic heterocycles. The smallest absolute Gasteiger partial charge is 0.243 e. The number of hydrogen-bond donors (Lipinski definition) is 1. The van der Waals surface area contributed by atoms with Gasteiger partial charge in [-0.15, -0.1) is 6.42 Å². The monoisotopic (exact) mass is 215 g/mol. The highest BCUT2D eigenvalue weighted by Crippen LogP contribution is 1.87. The highest BCUT2D eigenvalue weighted by atomic mass is 16.1. The molecule has 0 saturated heterocycles. The maximum Gasteiger partial charge on any atom is 0.243 e. The standard InChI is InChI=1S/C14H17NO/c1-4-5-6-7-8-9-10-11-14(16)15-12-13(2)3/h1,8-11,13H,7,12H2,2-3H3,(H,15,16). The third-order valence-electron chi connectivity index (χ3n) is 1.56. The quantitative estimate of drug-likeness (QED) is 0.423. The van der Waals surface area contributed by atoms with Crippen LogP contribution >= 0.6 is 0 Å². The maximum atomic E-state index is 11.2.